The largest absolute Gasteiger partial charge is 0.495 e. The number of alkyl halides is 3. The Morgan fingerprint density at radius 2 is 1.93 bits per heavy atom. The molecule has 3 rings (SSSR count). The van der Waals surface area contributed by atoms with Crippen LogP contribution in [0.3, 0.4) is 0 Å². The number of nitrogens with zero attached hydrogens (tertiary/aromatic N) is 4. The quantitative estimate of drug-likeness (QED) is 0.719. The van der Waals surface area contributed by atoms with Crippen LogP contribution in [0.5, 0.6) is 5.75 Å². The third-order valence-electron chi connectivity index (χ3n) is 4.29. The second-order valence-corrected chi connectivity index (χ2v) is 6.15. The Morgan fingerprint density at radius 3 is 2.61 bits per heavy atom. The first-order chi connectivity index (χ1) is 13.2. The molecular weight excluding hydrogens is 375 g/mol. The summed E-state index contributed by atoms with van der Waals surface area (Å²) in [7, 11) is 1.51. The number of benzene rings is 1. The van der Waals surface area contributed by atoms with Crippen molar-refractivity contribution in [3.05, 3.63) is 47.0 Å². The topological polar surface area (TPSA) is 81.4 Å². The molecule has 148 valence electrons. The molecule has 28 heavy (non-hydrogen) atoms. The van der Waals surface area contributed by atoms with Crippen LogP contribution >= 0.6 is 0 Å². The van der Waals surface area contributed by atoms with Gasteiger partial charge in [0.1, 0.15) is 5.75 Å². The smallest absolute Gasteiger partial charge is 0.453 e. The summed E-state index contributed by atoms with van der Waals surface area (Å²) < 4.78 is 44.8. The molecule has 2 aromatic heterocycles. The van der Waals surface area contributed by atoms with Gasteiger partial charge in [0.2, 0.25) is 5.91 Å². The van der Waals surface area contributed by atoms with Gasteiger partial charge in [0.25, 0.3) is 11.6 Å². The molecule has 1 N–H and O–H groups in total. The van der Waals surface area contributed by atoms with E-state index >= 15 is 0 Å². The molecule has 0 spiro atoms. The number of aromatic nitrogens is 4. The number of rotatable bonds is 5. The first-order valence-corrected chi connectivity index (χ1v) is 8.43. The molecule has 0 aliphatic rings. The average molecular weight is 393 g/mol. The van der Waals surface area contributed by atoms with Gasteiger partial charge in [-0.1, -0.05) is 12.1 Å². The summed E-state index contributed by atoms with van der Waals surface area (Å²) >= 11 is 0. The van der Waals surface area contributed by atoms with Crippen LogP contribution in [0.15, 0.2) is 24.3 Å². The minimum absolute atomic E-state index is 0.119. The van der Waals surface area contributed by atoms with Crippen LogP contribution in [-0.2, 0) is 17.4 Å². The lowest BCUT2D eigenvalue weighted by Crippen LogP contribution is -2.15. The van der Waals surface area contributed by atoms with Gasteiger partial charge in [-0.15, -0.1) is 5.10 Å². The molecule has 7 nitrogen and oxygen atoms in total. The van der Waals surface area contributed by atoms with Crippen molar-refractivity contribution in [1.82, 2.24) is 19.6 Å². The molecule has 0 atom stereocenters. The monoisotopic (exact) mass is 393 g/mol. The molecule has 2 heterocycles. The van der Waals surface area contributed by atoms with E-state index in [1.165, 1.54) is 7.11 Å². The zero-order valence-electron chi connectivity index (χ0n) is 15.5. The van der Waals surface area contributed by atoms with E-state index in [1.807, 2.05) is 0 Å². The van der Waals surface area contributed by atoms with Crippen molar-refractivity contribution in [3.8, 4) is 5.75 Å². The fraction of sp³-hybridized carbons (Fsp3) is 0.333. The standard InChI is InChI=1S/C18H18F3N5O2/c1-10-12(8-9-15(27)23-13-6-4-5-7-14(13)28-3)11(2)26-17(22-10)24-16(25-26)18(19,20)21/h4-7H,8-9H2,1-3H3,(H,23,27). The highest BCUT2D eigenvalue weighted by molar-refractivity contribution is 5.92. The third kappa shape index (κ3) is 3.90. The molecule has 1 aromatic carbocycles. The van der Waals surface area contributed by atoms with Gasteiger partial charge in [-0.25, -0.2) is 9.50 Å². The highest BCUT2D eigenvalue weighted by atomic mass is 19.4. The molecule has 0 saturated carbocycles. The number of hydrogen-bond acceptors (Lipinski definition) is 5. The van der Waals surface area contributed by atoms with Gasteiger partial charge in [0.15, 0.2) is 0 Å². The van der Waals surface area contributed by atoms with Gasteiger partial charge in [-0.3, -0.25) is 4.79 Å². The van der Waals surface area contributed by atoms with Crippen LogP contribution in [-0.4, -0.2) is 32.6 Å². The van der Waals surface area contributed by atoms with Crippen molar-refractivity contribution < 1.29 is 22.7 Å². The minimum atomic E-state index is -4.65. The van der Waals surface area contributed by atoms with Crippen molar-refractivity contribution in [2.75, 3.05) is 12.4 Å². The molecule has 3 aromatic rings. The molecule has 0 unspecified atom stereocenters. The normalized spacial score (nSPS) is 11.6. The lowest BCUT2D eigenvalue weighted by molar-refractivity contribution is -0.144. The van der Waals surface area contributed by atoms with E-state index in [0.29, 0.717) is 34.8 Å². The number of carbonyl (C=O) groups is 1. The number of fused-ring (bicyclic) bond motifs is 1. The van der Waals surface area contributed by atoms with Crippen molar-refractivity contribution in [1.29, 1.82) is 0 Å². The van der Waals surface area contributed by atoms with Crippen LogP contribution in [0.25, 0.3) is 5.78 Å². The molecule has 10 heteroatoms. The molecule has 0 fully saturated rings. The van der Waals surface area contributed by atoms with E-state index in [9.17, 15) is 18.0 Å². The summed E-state index contributed by atoms with van der Waals surface area (Å²) in [5.74, 6) is -1.08. The maximum absolute atomic E-state index is 12.9. The highest BCUT2D eigenvalue weighted by Crippen LogP contribution is 2.27. The zero-order chi connectivity index (χ0) is 20.5. The number of ether oxygens (including phenoxy) is 1. The van der Waals surface area contributed by atoms with Gasteiger partial charge < -0.3 is 10.1 Å². The first kappa shape index (κ1) is 19.6. The summed E-state index contributed by atoms with van der Waals surface area (Å²) in [5.41, 5.74) is 2.18. The predicted molar refractivity (Wildman–Crippen MR) is 95.2 cm³/mol. The van der Waals surface area contributed by atoms with Gasteiger partial charge in [-0.05, 0) is 38.0 Å². The Kier molecular flexibility index (Phi) is 5.21. The highest BCUT2D eigenvalue weighted by Gasteiger charge is 2.36. The molecular formula is C18H18F3N5O2. The lowest BCUT2D eigenvalue weighted by atomic mass is 10.1. The molecule has 0 aliphatic carbocycles. The van der Waals surface area contributed by atoms with Gasteiger partial charge >= 0.3 is 6.18 Å². The van der Waals surface area contributed by atoms with Crippen molar-refractivity contribution in [2.45, 2.75) is 32.9 Å². The number of carbonyl (C=O) groups excluding carboxylic acids is 1. The molecule has 1 amide bonds. The van der Waals surface area contributed by atoms with Crippen LogP contribution < -0.4 is 10.1 Å². The second kappa shape index (κ2) is 7.45. The van der Waals surface area contributed by atoms with Crippen molar-refractivity contribution in [2.24, 2.45) is 0 Å². The van der Waals surface area contributed by atoms with E-state index in [2.05, 4.69) is 20.4 Å². The maximum Gasteiger partial charge on any atom is 0.453 e. The SMILES string of the molecule is COc1ccccc1NC(=O)CCc1c(C)nc2nc(C(F)(F)F)nn2c1C. The summed E-state index contributed by atoms with van der Waals surface area (Å²) in [4.78, 5) is 19.8. The summed E-state index contributed by atoms with van der Waals surface area (Å²) in [5, 5.41) is 6.27. The maximum atomic E-state index is 12.9. The van der Waals surface area contributed by atoms with E-state index in [4.69, 9.17) is 4.74 Å². The number of hydrogen-bond donors (Lipinski definition) is 1. The summed E-state index contributed by atoms with van der Waals surface area (Å²) in [6.45, 7) is 3.30. The van der Waals surface area contributed by atoms with Gasteiger partial charge in [0.05, 0.1) is 12.8 Å². The van der Waals surface area contributed by atoms with E-state index in [1.54, 1.807) is 38.1 Å². The van der Waals surface area contributed by atoms with Crippen molar-refractivity contribution in [3.63, 3.8) is 0 Å². The number of anilines is 1. The molecule has 0 aliphatic heterocycles. The van der Waals surface area contributed by atoms with Crippen LogP contribution in [0.4, 0.5) is 18.9 Å². The Morgan fingerprint density at radius 1 is 1.21 bits per heavy atom. The number of aryl methyl sites for hydroxylation is 2. The van der Waals surface area contributed by atoms with Gasteiger partial charge in [-0.2, -0.15) is 18.2 Å². The van der Waals surface area contributed by atoms with Crippen LogP contribution in [0.1, 0.15) is 29.2 Å². The number of para-hydroxylation sites is 2. The summed E-state index contributed by atoms with van der Waals surface area (Å²) in [6.07, 6.45) is -4.24. The molecule has 0 radical (unpaired) electrons. The second-order valence-electron chi connectivity index (χ2n) is 6.15. The number of nitrogens with one attached hydrogen (secondary N) is 1. The Balaban J connectivity index is 1.79. The van der Waals surface area contributed by atoms with Crippen LogP contribution in [0, 0.1) is 13.8 Å². The Hall–Kier alpha value is -3.17. The lowest BCUT2D eigenvalue weighted by Gasteiger charge is -2.12. The third-order valence-corrected chi connectivity index (χ3v) is 4.29. The predicted octanol–water partition coefficient (Wildman–Crippen LogP) is 3.34. The van der Waals surface area contributed by atoms with E-state index < -0.39 is 12.0 Å². The molecule has 0 bridgehead atoms. The zero-order valence-corrected chi connectivity index (χ0v) is 15.5. The van der Waals surface area contributed by atoms with Crippen LogP contribution in [0.2, 0.25) is 0 Å². The number of amides is 1. The fourth-order valence-electron chi connectivity index (χ4n) is 2.89. The first-order valence-electron chi connectivity index (χ1n) is 8.43. The molecule has 0 saturated heterocycles. The van der Waals surface area contributed by atoms with Crippen molar-refractivity contribution >= 4 is 17.4 Å². The number of halogens is 3. The number of methoxy groups -OCH3 is 1. The Bertz CT molecular complexity index is 1030. The average Bonchev–Trinajstić information content (AvgIpc) is 3.06. The Labute approximate surface area is 158 Å². The van der Waals surface area contributed by atoms with E-state index in [0.717, 1.165) is 4.52 Å². The summed E-state index contributed by atoms with van der Waals surface area (Å²) in [6, 6.07) is 7.00. The van der Waals surface area contributed by atoms with E-state index in [-0.39, 0.29) is 18.1 Å². The minimum Gasteiger partial charge on any atom is -0.495 e. The fourth-order valence-corrected chi connectivity index (χ4v) is 2.89. The van der Waals surface area contributed by atoms with Gasteiger partial charge in [0, 0.05) is 17.8 Å².